The van der Waals surface area contributed by atoms with Crippen molar-refractivity contribution in [3.8, 4) is 0 Å². The van der Waals surface area contributed by atoms with Gasteiger partial charge in [0.05, 0.1) is 6.61 Å². The van der Waals surface area contributed by atoms with Gasteiger partial charge in [0.2, 0.25) is 0 Å². The van der Waals surface area contributed by atoms with Crippen LogP contribution in [0, 0.1) is 0 Å². The third-order valence-electron chi connectivity index (χ3n) is 4.03. The Morgan fingerprint density at radius 1 is 1.00 bits per heavy atom. The first-order valence-electron chi connectivity index (χ1n) is 8.52. The van der Waals surface area contributed by atoms with Crippen molar-refractivity contribution in [3.05, 3.63) is 0 Å². The lowest BCUT2D eigenvalue weighted by atomic mass is 10.1. The first-order valence-corrected chi connectivity index (χ1v) is 8.52. The van der Waals surface area contributed by atoms with Crippen LogP contribution < -0.4 is 0 Å². The molecule has 0 aromatic carbocycles. The molecule has 1 atom stereocenters. The maximum atomic E-state index is 9.20. The lowest BCUT2D eigenvalue weighted by molar-refractivity contribution is 0.169. The van der Waals surface area contributed by atoms with Crippen molar-refractivity contribution in [2.75, 3.05) is 13.2 Å². The summed E-state index contributed by atoms with van der Waals surface area (Å²) in [5, 5.41) is 9.20. The van der Waals surface area contributed by atoms with Gasteiger partial charge in [0, 0.05) is 6.42 Å². The zero-order chi connectivity index (χ0) is 14.7. The van der Waals surface area contributed by atoms with Gasteiger partial charge in [-0.2, -0.15) is 0 Å². The number of rotatable bonds is 12. The Morgan fingerprint density at radius 2 is 1.55 bits per heavy atom. The van der Waals surface area contributed by atoms with Gasteiger partial charge in [-0.3, -0.25) is 0 Å². The second-order valence-electron chi connectivity index (χ2n) is 6.38. The van der Waals surface area contributed by atoms with Crippen molar-refractivity contribution < 1.29 is 9.84 Å². The standard InChI is InChI=1S/C17H33NO2/c1-3-4-5-6-7-8-9-10-11-12-13-16-18-17(2,14-19)15-20-16/h19H,3-15H2,1-2H3. The number of aliphatic hydroxyl groups is 1. The Kier molecular flexibility index (Phi) is 8.92. The predicted molar refractivity (Wildman–Crippen MR) is 85.3 cm³/mol. The number of nitrogens with zero attached hydrogens (tertiary/aromatic N) is 1. The summed E-state index contributed by atoms with van der Waals surface area (Å²) < 4.78 is 5.53. The van der Waals surface area contributed by atoms with E-state index < -0.39 is 0 Å². The summed E-state index contributed by atoms with van der Waals surface area (Å²) >= 11 is 0. The Bertz CT molecular complexity index is 278. The van der Waals surface area contributed by atoms with E-state index in [1.54, 1.807) is 0 Å². The van der Waals surface area contributed by atoms with Crippen LogP contribution in [0.2, 0.25) is 0 Å². The predicted octanol–water partition coefficient (Wildman–Crippen LogP) is 4.48. The molecule has 0 spiro atoms. The molecule has 0 radical (unpaired) electrons. The van der Waals surface area contributed by atoms with Crippen LogP contribution in [0.15, 0.2) is 4.99 Å². The first kappa shape index (κ1) is 17.5. The zero-order valence-electron chi connectivity index (χ0n) is 13.5. The van der Waals surface area contributed by atoms with Crippen LogP contribution in [-0.2, 0) is 4.74 Å². The third kappa shape index (κ3) is 7.28. The molecule has 3 heteroatoms. The molecule has 0 bridgehead atoms. The van der Waals surface area contributed by atoms with Crippen molar-refractivity contribution in [1.82, 2.24) is 0 Å². The average Bonchev–Trinajstić information content (AvgIpc) is 2.83. The van der Waals surface area contributed by atoms with Crippen LogP contribution in [0.25, 0.3) is 0 Å². The molecular weight excluding hydrogens is 250 g/mol. The largest absolute Gasteiger partial charge is 0.478 e. The molecule has 118 valence electrons. The minimum atomic E-state index is -0.381. The van der Waals surface area contributed by atoms with E-state index in [1.165, 1.54) is 57.8 Å². The second-order valence-corrected chi connectivity index (χ2v) is 6.38. The molecule has 1 aliphatic rings. The van der Waals surface area contributed by atoms with E-state index in [1.807, 2.05) is 6.92 Å². The van der Waals surface area contributed by atoms with E-state index in [4.69, 9.17) is 4.74 Å². The molecule has 20 heavy (non-hydrogen) atoms. The fraction of sp³-hybridized carbons (Fsp3) is 0.941. The molecule has 0 fully saturated rings. The number of aliphatic hydroxyl groups excluding tert-OH is 1. The van der Waals surface area contributed by atoms with E-state index in [0.29, 0.717) is 6.61 Å². The van der Waals surface area contributed by atoms with E-state index in [0.717, 1.165) is 18.7 Å². The highest BCUT2D eigenvalue weighted by Gasteiger charge is 2.30. The molecule has 1 unspecified atom stereocenters. The van der Waals surface area contributed by atoms with Gasteiger partial charge >= 0.3 is 0 Å². The van der Waals surface area contributed by atoms with Gasteiger partial charge in [0.1, 0.15) is 12.1 Å². The highest BCUT2D eigenvalue weighted by atomic mass is 16.5. The minimum absolute atomic E-state index is 0.0779. The third-order valence-corrected chi connectivity index (χ3v) is 4.03. The molecule has 0 saturated carbocycles. The summed E-state index contributed by atoms with van der Waals surface area (Å²) in [6, 6.07) is 0. The Labute approximate surface area is 124 Å². The second kappa shape index (κ2) is 10.2. The fourth-order valence-electron chi connectivity index (χ4n) is 2.58. The minimum Gasteiger partial charge on any atom is -0.478 e. The topological polar surface area (TPSA) is 41.8 Å². The summed E-state index contributed by atoms with van der Waals surface area (Å²) in [6.45, 7) is 4.82. The highest BCUT2D eigenvalue weighted by Crippen LogP contribution is 2.20. The van der Waals surface area contributed by atoms with Gasteiger partial charge in [0.15, 0.2) is 5.90 Å². The molecule has 0 amide bonds. The molecule has 1 rings (SSSR count). The SMILES string of the molecule is CCCCCCCCCCCCC1=NC(C)(CO)CO1. The van der Waals surface area contributed by atoms with Gasteiger partial charge in [-0.05, 0) is 13.3 Å². The summed E-state index contributed by atoms with van der Waals surface area (Å²) in [4.78, 5) is 4.46. The van der Waals surface area contributed by atoms with Crippen molar-refractivity contribution in [1.29, 1.82) is 0 Å². The van der Waals surface area contributed by atoms with Crippen molar-refractivity contribution in [3.63, 3.8) is 0 Å². The van der Waals surface area contributed by atoms with Gasteiger partial charge in [0.25, 0.3) is 0 Å². The Hall–Kier alpha value is -0.570. The van der Waals surface area contributed by atoms with Gasteiger partial charge in [-0.15, -0.1) is 0 Å². The summed E-state index contributed by atoms with van der Waals surface area (Å²) in [5.74, 6) is 0.848. The monoisotopic (exact) mass is 283 g/mol. The van der Waals surface area contributed by atoms with Crippen LogP contribution in [0.1, 0.15) is 84.5 Å². The Balaban J connectivity index is 1.89. The Morgan fingerprint density at radius 3 is 2.05 bits per heavy atom. The quantitative estimate of drug-likeness (QED) is 0.537. The first-order chi connectivity index (χ1) is 9.70. The molecule has 0 saturated heterocycles. The smallest absolute Gasteiger partial charge is 0.184 e. The number of aliphatic imine (C=N–C) groups is 1. The molecule has 0 aromatic heterocycles. The number of ether oxygens (including phenoxy) is 1. The molecule has 0 aromatic rings. The molecule has 1 heterocycles. The number of hydrogen-bond donors (Lipinski definition) is 1. The van der Waals surface area contributed by atoms with Crippen LogP contribution in [0.5, 0.6) is 0 Å². The van der Waals surface area contributed by atoms with Gasteiger partial charge < -0.3 is 9.84 Å². The van der Waals surface area contributed by atoms with E-state index in [9.17, 15) is 5.11 Å². The van der Waals surface area contributed by atoms with Crippen LogP contribution in [-0.4, -0.2) is 29.8 Å². The van der Waals surface area contributed by atoms with Gasteiger partial charge in [-0.1, -0.05) is 64.7 Å². The normalized spacial score (nSPS) is 21.9. The van der Waals surface area contributed by atoms with Crippen molar-refractivity contribution in [2.45, 2.75) is 90.0 Å². The molecule has 0 aliphatic carbocycles. The van der Waals surface area contributed by atoms with Gasteiger partial charge in [-0.25, -0.2) is 4.99 Å². The number of hydrogen-bond acceptors (Lipinski definition) is 3. The van der Waals surface area contributed by atoms with E-state index in [-0.39, 0.29) is 12.1 Å². The maximum Gasteiger partial charge on any atom is 0.184 e. The summed E-state index contributed by atoms with van der Waals surface area (Å²) in [6.07, 6.45) is 14.4. The van der Waals surface area contributed by atoms with Crippen molar-refractivity contribution in [2.24, 2.45) is 4.99 Å². The fourth-order valence-corrected chi connectivity index (χ4v) is 2.58. The molecule has 1 aliphatic heterocycles. The number of unbranched alkanes of at least 4 members (excludes halogenated alkanes) is 9. The summed E-state index contributed by atoms with van der Waals surface area (Å²) in [5.41, 5.74) is -0.381. The lowest BCUT2D eigenvalue weighted by Crippen LogP contribution is -2.28. The molecule has 1 N–H and O–H groups in total. The average molecular weight is 283 g/mol. The maximum absolute atomic E-state index is 9.20. The van der Waals surface area contributed by atoms with E-state index in [2.05, 4.69) is 11.9 Å². The summed E-state index contributed by atoms with van der Waals surface area (Å²) in [7, 11) is 0. The molecular formula is C17H33NO2. The highest BCUT2D eigenvalue weighted by molar-refractivity contribution is 5.78. The van der Waals surface area contributed by atoms with Crippen molar-refractivity contribution >= 4 is 5.90 Å². The van der Waals surface area contributed by atoms with Crippen LogP contribution in [0.3, 0.4) is 0 Å². The van der Waals surface area contributed by atoms with E-state index >= 15 is 0 Å². The zero-order valence-corrected chi connectivity index (χ0v) is 13.5. The van der Waals surface area contributed by atoms with Crippen LogP contribution in [0.4, 0.5) is 0 Å². The molecule has 3 nitrogen and oxygen atoms in total. The van der Waals surface area contributed by atoms with Crippen LogP contribution >= 0.6 is 0 Å². The lowest BCUT2D eigenvalue weighted by Gasteiger charge is -2.12.